The molecule has 18 heavy (non-hydrogen) atoms. The largest absolute Gasteiger partial charge is 0.297 e. The van der Waals surface area contributed by atoms with Crippen LogP contribution in [-0.2, 0) is 7.05 Å². The maximum absolute atomic E-state index is 12.8. The lowest BCUT2D eigenvalue weighted by Gasteiger charge is -2.43. The normalized spacial score (nSPS) is 28.6. The molecule has 1 aliphatic rings. The van der Waals surface area contributed by atoms with Crippen molar-refractivity contribution in [3.05, 3.63) is 11.9 Å². The smallest absolute Gasteiger partial charge is 0.202 e. The summed E-state index contributed by atoms with van der Waals surface area (Å²) in [5.74, 6) is 0.877. The first kappa shape index (κ1) is 13.2. The molecule has 0 atom stereocenters. The van der Waals surface area contributed by atoms with Crippen molar-refractivity contribution in [1.29, 1.82) is 0 Å². The number of carbonyl (C=O) groups excluding carboxylic acids is 1. The van der Waals surface area contributed by atoms with E-state index < -0.39 is 0 Å². The fourth-order valence-electron chi connectivity index (χ4n) is 2.85. The van der Waals surface area contributed by atoms with Gasteiger partial charge in [0, 0.05) is 7.05 Å². The molecule has 0 N–H and O–H groups in total. The summed E-state index contributed by atoms with van der Waals surface area (Å²) >= 11 is 0. The van der Waals surface area contributed by atoms with Gasteiger partial charge in [-0.3, -0.25) is 9.69 Å². The second kappa shape index (κ2) is 4.80. The molecule has 0 spiro atoms. The number of aromatic nitrogens is 3. The molecular formula is C13H22N4O. The average molecular weight is 250 g/mol. The Morgan fingerprint density at radius 2 is 2.06 bits per heavy atom. The van der Waals surface area contributed by atoms with Gasteiger partial charge in [-0.1, -0.05) is 12.1 Å². The first-order valence-electron chi connectivity index (χ1n) is 6.54. The van der Waals surface area contributed by atoms with Crippen LogP contribution in [0.15, 0.2) is 6.20 Å². The number of nitrogens with zero attached hydrogens (tertiary/aromatic N) is 4. The Morgan fingerprint density at radius 3 is 2.50 bits per heavy atom. The number of hydrogen-bond acceptors (Lipinski definition) is 4. The molecule has 0 amide bonds. The lowest BCUT2D eigenvalue weighted by Crippen LogP contribution is -2.53. The van der Waals surface area contributed by atoms with Crippen LogP contribution in [0.25, 0.3) is 0 Å². The second-order valence-electron chi connectivity index (χ2n) is 5.68. The number of rotatable bonds is 3. The van der Waals surface area contributed by atoms with Crippen molar-refractivity contribution < 1.29 is 4.79 Å². The van der Waals surface area contributed by atoms with Crippen molar-refractivity contribution in [1.82, 2.24) is 19.9 Å². The maximum Gasteiger partial charge on any atom is 0.202 e. The van der Waals surface area contributed by atoms with Crippen molar-refractivity contribution in [3.63, 3.8) is 0 Å². The molecule has 2 rings (SSSR count). The highest BCUT2D eigenvalue weighted by Crippen LogP contribution is 2.37. The first-order valence-corrected chi connectivity index (χ1v) is 6.54. The van der Waals surface area contributed by atoms with E-state index >= 15 is 0 Å². The van der Waals surface area contributed by atoms with Crippen molar-refractivity contribution in [2.45, 2.75) is 38.1 Å². The molecule has 1 aromatic rings. The topological polar surface area (TPSA) is 51.0 Å². The standard InChI is InChI=1S/C13H22N4O/c1-10-5-7-13(8-6-10,16(2)3)12(18)11-9-14-15-17(11)4/h9-10H,5-8H2,1-4H3. The number of likely N-dealkylation sites (N-methyl/N-ethyl adjacent to an activating group) is 1. The maximum atomic E-state index is 12.8. The fourth-order valence-corrected chi connectivity index (χ4v) is 2.85. The molecular weight excluding hydrogens is 228 g/mol. The molecule has 0 saturated heterocycles. The van der Waals surface area contributed by atoms with Crippen LogP contribution in [0.4, 0.5) is 0 Å². The number of hydrogen-bond donors (Lipinski definition) is 0. The van der Waals surface area contributed by atoms with E-state index in [4.69, 9.17) is 0 Å². The Balaban J connectivity index is 2.31. The van der Waals surface area contributed by atoms with Gasteiger partial charge < -0.3 is 0 Å². The van der Waals surface area contributed by atoms with E-state index in [9.17, 15) is 4.79 Å². The zero-order valence-corrected chi connectivity index (χ0v) is 11.7. The predicted octanol–water partition coefficient (Wildman–Crippen LogP) is 1.51. The van der Waals surface area contributed by atoms with Crippen molar-refractivity contribution in [3.8, 4) is 0 Å². The Kier molecular flexibility index (Phi) is 3.52. The highest BCUT2D eigenvalue weighted by Gasteiger charge is 2.44. The van der Waals surface area contributed by atoms with Crippen molar-refractivity contribution in [2.75, 3.05) is 14.1 Å². The van der Waals surface area contributed by atoms with Gasteiger partial charge in [0.15, 0.2) is 0 Å². The fraction of sp³-hybridized carbons (Fsp3) is 0.769. The van der Waals surface area contributed by atoms with Crippen LogP contribution in [0, 0.1) is 5.92 Å². The lowest BCUT2D eigenvalue weighted by atomic mass is 9.73. The monoisotopic (exact) mass is 250 g/mol. The van der Waals surface area contributed by atoms with E-state index in [2.05, 4.69) is 22.1 Å². The molecule has 1 aliphatic carbocycles. The van der Waals surface area contributed by atoms with Gasteiger partial charge in [0.2, 0.25) is 5.78 Å². The average Bonchev–Trinajstić information content (AvgIpc) is 2.75. The summed E-state index contributed by atoms with van der Waals surface area (Å²) in [6, 6.07) is 0. The molecule has 0 bridgehead atoms. The zero-order valence-electron chi connectivity index (χ0n) is 11.7. The molecule has 0 radical (unpaired) electrons. The minimum absolute atomic E-state index is 0.159. The number of carbonyl (C=O) groups is 1. The Bertz CT molecular complexity index is 430. The van der Waals surface area contributed by atoms with Gasteiger partial charge in [-0.05, 0) is 45.7 Å². The summed E-state index contributed by atoms with van der Waals surface area (Å²) in [4.78, 5) is 14.9. The van der Waals surface area contributed by atoms with Crippen LogP contribution < -0.4 is 0 Å². The Hall–Kier alpha value is -1.23. The van der Waals surface area contributed by atoms with Gasteiger partial charge in [-0.2, -0.15) is 0 Å². The second-order valence-corrected chi connectivity index (χ2v) is 5.68. The number of aryl methyl sites for hydroxylation is 1. The molecule has 100 valence electrons. The third-order valence-electron chi connectivity index (χ3n) is 4.33. The highest BCUT2D eigenvalue weighted by atomic mass is 16.1. The van der Waals surface area contributed by atoms with E-state index in [1.165, 1.54) is 0 Å². The predicted molar refractivity (Wildman–Crippen MR) is 69.4 cm³/mol. The van der Waals surface area contributed by atoms with Crippen LogP contribution in [0.3, 0.4) is 0 Å². The SMILES string of the molecule is CC1CCC(C(=O)c2cnnn2C)(N(C)C)CC1. The summed E-state index contributed by atoms with van der Waals surface area (Å²) in [6.07, 6.45) is 5.63. The van der Waals surface area contributed by atoms with Crippen LogP contribution in [0.1, 0.15) is 43.1 Å². The van der Waals surface area contributed by atoms with Gasteiger partial charge in [0.25, 0.3) is 0 Å². The van der Waals surface area contributed by atoms with Gasteiger partial charge in [0.05, 0.1) is 11.7 Å². The first-order chi connectivity index (χ1) is 8.47. The van der Waals surface area contributed by atoms with E-state index in [0.717, 1.165) is 31.6 Å². The molecule has 1 aromatic heterocycles. The molecule has 1 saturated carbocycles. The van der Waals surface area contributed by atoms with Gasteiger partial charge in [-0.15, -0.1) is 5.10 Å². The van der Waals surface area contributed by atoms with E-state index in [-0.39, 0.29) is 11.3 Å². The summed E-state index contributed by atoms with van der Waals surface area (Å²) in [5.41, 5.74) is 0.236. The highest BCUT2D eigenvalue weighted by molar-refractivity contribution is 6.01. The third-order valence-corrected chi connectivity index (χ3v) is 4.33. The lowest BCUT2D eigenvalue weighted by molar-refractivity contribution is 0.0503. The molecule has 5 nitrogen and oxygen atoms in total. The Morgan fingerprint density at radius 1 is 1.44 bits per heavy atom. The van der Waals surface area contributed by atoms with Gasteiger partial charge in [0.1, 0.15) is 5.69 Å². The van der Waals surface area contributed by atoms with Crippen molar-refractivity contribution >= 4 is 5.78 Å². The van der Waals surface area contributed by atoms with Gasteiger partial charge >= 0.3 is 0 Å². The minimum Gasteiger partial charge on any atom is -0.297 e. The summed E-state index contributed by atoms with van der Waals surface area (Å²) < 4.78 is 1.58. The molecule has 0 aliphatic heterocycles. The molecule has 1 heterocycles. The van der Waals surface area contributed by atoms with Crippen molar-refractivity contribution in [2.24, 2.45) is 13.0 Å². The molecule has 0 aromatic carbocycles. The molecule has 0 unspecified atom stereocenters. The summed E-state index contributed by atoms with van der Waals surface area (Å²) in [6.45, 7) is 2.26. The minimum atomic E-state index is -0.373. The summed E-state index contributed by atoms with van der Waals surface area (Å²) in [7, 11) is 5.77. The Labute approximate surface area is 108 Å². The van der Waals surface area contributed by atoms with E-state index in [1.54, 1.807) is 17.9 Å². The van der Waals surface area contributed by atoms with Crippen LogP contribution >= 0.6 is 0 Å². The van der Waals surface area contributed by atoms with E-state index in [0.29, 0.717) is 5.69 Å². The van der Waals surface area contributed by atoms with Crippen LogP contribution in [0.2, 0.25) is 0 Å². The quantitative estimate of drug-likeness (QED) is 0.763. The summed E-state index contributed by atoms with van der Waals surface area (Å²) in [5, 5.41) is 7.68. The van der Waals surface area contributed by atoms with Gasteiger partial charge in [-0.25, -0.2) is 4.68 Å². The van der Waals surface area contributed by atoms with Crippen LogP contribution in [0.5, 0.6) is 0 Å². The number of ketones is 1. The van der Waals surface area contributed by atoms with Crippen LogP contribution in [-0.4, -0.2) is 45.3 Å². The van der Waals surface area contributed by atoms with E-state index in [1.807, 2.05) is 14.1 Å². The molecule has 1 fully saturated rings. The molecule has 5 heteroatoms. The number of Topliss-reactive ketones (excluding diaryl/α,β-unsaturated/α-hetero) is 1. The third kappa shape index (κ3) is 2.07. The zero-order chi connectivity index (χ0) is 13.3.